The predicted molar refractivity (Wildman–Crippen MR) is 151 cm³/mol. The van der Waals surface area contributed by atoms with Gasteiger partial charge in [0.1, 0.15) is 0 Å². The largest absolute Gasteiger partial charge is 0.373 e. The average molecular weight is 620 g/mol. The molecule has 8 nitrogen and oxygen atoms in total. The number of benzene rings is 2. The Labute approximate surface area is 231 Å². The lowest BCUT2D eigenvalue weighted by Gasteiger charge is -2.34. The first-order valence-corrected chi connectivity index (χ1v) is 15.4. The van der Waals surface area contributed by atoms with Crippen LogP contribution in [0.25, 0.3) is 10.2 Å². The van der Waals surface area contributed by atoms with Gasteiger partial charge in [-0.1, -0.05) is 33.3 Å². The number of amides is 1. The van der Waals surface area contributed by atoms with Crippen LogP contribution in [0.1, 0.15) is 29.1 Å². The van der Waals surface area contributed by atoms with Gasteiger partial charge in [0.2, 0.25) is 15.2 Å². The van der Waals surface area contributed by atoms with Gasteiger partial charge in [0.25, 0.3) is 5.91 Å². The van der Waals surface area contributed by atoms with Gasteiger partial charge in [-0.2, -0.15) is 14.4 Å². The van der Waals surface area contributed by atoms with E-state index in [0.29, 0.717) is 10.7 Å². The van der Waals surface area contributed by atoms with Crippen LogP contribution in [0.3, 0.4) is 0 Å². The zero-order valence-corrected chi connectivity index (χ0v) is 24.0. The number of thiazole rings is 1. The van der Waals surface area contributed by atoms with E-state index in [9.17, 15) is 13.2 Å². The van der Waals surface area contributed by atoms with Crippen molar-refractivity contribution in [3.63, 3.8) is 0 Å². The molecule has 1 aliphatic heterocycles. The van der Waals surface area contributed by atoms with Crippen molar-refractivity contribution in [2.75, 3.05) is 18.1 Å². The van der Waals surface area contributed by atoms with Crippen LogP contribution in [-0.4, -0.2) is 55.1 Å². The summed E-state index contributed by atoms with van der Waals surface area (Å²) in [5, 5.41) is 8.06. The molecule has 0 aliphatic carbocycles. The quantitative estimate of drug-likeness (QED) is 0.207. The normalized spacial score (nSPS) is 19.0. The molecule has 1 aliphatic rings. The first-order chi connectivity index (χ1) is 17.7. The number of hydrazone groups is 1. The van der Waals surface area contributed by atoms with Crippen molar-refractivity contribution in [1.29, 1.82) is 0 Å². The van der Waals surface area contributed by atoms with Crippen LogP contribution in [0.4, 0.5) is 5.13 Å². The summed E-state index contributed by atoms with van der Waals surface area (Å²) in [4.78, 5) is 19.2. The molecular weight excluding hydrogens is 596 g/mol. The van der Waals surface area contributed by atoms with E-state index in [1.807, 2.05) is 49.6 Å². The molecule has 2 unspecified atom stereocenters. The number of anilines is 1. The predicted octanol–water partition coefficient (Wildman–Crippen LogP) is 5.60. The highest BCUT2D eigenvalue weighted by Gasteiger charge is 2.32. The highest BCUT2D eigenvalue weighted by atomic mass is 79.9. The molecule has 0 N–H and O–H groups in total. The van der Waals surface area contributed by atoms with Gasteiger partial charge in [0.15, 0.2) is 0 Å². The molecule has 0 saturated carbocycles. The molecular formula is C25H23BrN4O4S3. The van der Waals surface area contributed by atoms with Crippen LogP contribution in [0.2, 0.25) is 0 Å². The van der Waals surface area contributed by atoms with E-state index < -0.39 is 15.9 Å². The maximum Gasteiger partial charge on any atom is 0.280 e. The molecule has 2 atom stereocenters. The first kappa shape index (κ1) is 26.1. The number of hydrogen-bond donors (Lipinski definition) is 0. The summed E-state index contributed by atoms with van der Waals surface area (Å²) in [7, 11) is -3.72. The van der Waals surface area contributed by atoms with E-state index in [0.717, 1.165) is 19.6 Å². The minimum Gasteiger partial charge on any atom is -0.373 e. The Hall–Kier alpha value is -2.48. The fraction of sp³-hybridized carbons (Fsp3) is 0.240. The molecule has 3 heterocycles. The maximum absolute atomic E-state index is 13.6. The van der Waals surface area contributed by atoms with Gasteiger partial charge in [-0.05, 0) is 67.8 Å². The number of ether oxygens (including phenoxy) is 1. The van der Waals surface area contributed by atoms with Gasteiger partial charge in [0, 0.05) is 28.0 Å². The monoisotopic (exact) mass is 618 g/mol. The van der Waals surface area contributed by atoms with Crippen LogP contribution in [0.15, 0.2) is 74.4 Å². The molecule has 1 amide bonds. The van der Waals surface area contributed by atoms with Crippen LogP contribution in [0.5, 0.6) is 0 Å². The number of aromatic nitrogens is 1. The SMILES string of the molecule is CC1CN(S(=O)(=O)c2ccc(C(=O)N(/N=C/c3cccs3)c3nc4ccc(Br)cc4s3)cc2)CC(C)O1. The highest BCUT2D eigenvalue weighted by molar-refractivity contribution is 9.10. The molecule has 37 heavy (non-hydrogen) atoms. The molecule has 1 saturated heterocycles. The number of rotatable bonds is 6. The van der Waals surface area contributed by atoms with Gasteiger partial charge in [-0.3, -0.25) is 4.79 Å². The van der Waals surface area contributed by atoms with Crippen molar-refractivity contribution in [2.24, 2.45) is 5.10 Å². The van der Waals surface area contributed by atoms with Gasteiger partial charge in [-0.15, -0.1) is 11.3 Å². The van der Waals surface area contributed by atoms with Gasteiger partial charge in [0.05, 0.1) is 33.5 Å². The third-order valence-corrected chi connectivity index (χ3v) is 9.82. The number of nitrogens with zero attached hydrogens (tertiary/aromatic N) is 4. The van der Waals surface area contributed by atoms with Crippen LogP contribution in [0, 0.1) is 0 Å². The lowest BCUT2D eigenvalue weighted by molar-refractivity contribution is -0.0440. The average Bonchev–Trinajstić information content (AvgIpc) is 3.53. The van der Waals surface area contributed by atoms with Crippen molar-refractivity contribution in [3.05, 3.63) is 74.9 Å². The highest BCUT2D eigenvalue weighted by Crippen LogP contribution is 2.32. The lowest BCUT2D eigenvalue weighted by Crippen LogP contribution is -2.48. The topological polar surface area (TPSA) is 92.2 Å². The fourth-order valence-corrected chi connectivity index (χ4v) is 7.66. The number of thiophene rings is 1. The molecule has 12 heteroatoms. The van der Waals surface area contributed by atoms with Gasteiger partial charge < -0.3 is 4.74 Å². The molecule has 0 spiro atoms. The van der Waals surface area contributed by atoms with Crippen LogP contribution in [-0.2, 0) is 14.8 Å². The Morgan fingerprint density at radius 1 is 1.16 bits per heavy atom. The van der Waals surface area contributed by atoms with E-state index >= 15 is 0 Å². The van der Waals surface area contributed by atoms with Crippen LogP contribution < -0.4 is 5.01 Å². The van der Waals surface area contributed by atoms with Crippen molar-refractivity contribution in [3.8, 4) is 0 Å². The standard InChI is InChI=1S/C25H23BrN4O4S3/c1-16-14-29(15-17(2)34-16)37(32,33)21-8-5-18(6-9-21)24(31)30(27-13-20-4-3-11-35-20)25-28-22-10-7-19(26)12-23(22)36-25/h3-13,16-17H,14-15H2,1-2H3/b27-13+. The second-order valence-electron chi connectivity index (χ2n) is 8.59. The van der Waals surface area contributed by atoms with Crippen molar-refractivity contribution in [2.45, 2.75) is 31.0 Å². The summed E-state index contributed by atoms with van der Waals surface area (Å²) in [6, 6.07) is 15.5. The molecule has 192 valence electrons. The summed E-state index contributed by atoms with van der Waals surface area (Å²) < 4.78 is 35.3. The van der Waals surface area contributed by atoms with Crippen LogP contribution >= 0.6 is 38.6 Å². The van der Waals surface area contributed by atoms with Crippen molar-refractivity contribution >= 4 is 76.1 Å². The maximum atomic E-state index is 13.6. The Balaban J connectivity index is 1.45. The van der Waals surface area contributed by atoms with Crippen molar-refractivity contribution in [1.82, 2.24) is 9.29 Å². The minimum absolute atomic E-state index is 0.129. The van der Waals surface area contributed by atoms with Gasteiger partial charge in [-0.25, -0.2) is 13.4 Å². The smallest absolute Gasteiger partial charge is 0.280 e. The summed E-state index contributed by atoms with van der Waals surface area (Å²) in [6.07, 6.45) is 1.23. The number of sulfonamides is 1. The third-order valence-electron chi connectivity index (χ3n) is 5.68. The van der Waals surface area contributed by atoms with E-state index in [4.69, 9.17) is 4.74 Å². The molecule has 5 rings (SSSR count). The summed E-state index contributed by atoms with van der Waals surface area (Å²) >= 11 is 6.32. The minimum atomic E-state index is -3.72. The Kier molecular flexibility index (Phi) is 7.57. The first-order valence-electron chi connectivity index (χ1n) is 11.4. The molecule has 1 fully saturated rings. The Morgan fingerprint density at radius 3 is 2.57 bits per heavy atom. The summed E-state index contributed by atoms with van der Waals surface area (Å²) in [5.41, 5.74) is 1.05. The Bertz CT molecular complexity index is 1540. The summed E-state index contributed by atoms with van der Waals surface area (Å²) in [5.74, 6) is -0.413. The number of hydrogen-bond acceptors (Lipinski definition) is 8. The fourth-order valence-electron chi connectivity index (χ4n) is 4.01. The zero-order valence-electron chi connectivity index (χ0n) is 19.9. The second kappa shape index (κ2) is 10.7. The molecule has 0 radical (unpaired) electrons. The number of morpholine rings is 1. The number of halogens is 1. The second-order valence-corrected chi connectivity index (χ2v) is 13.4. The molecule has 2 aromatic heterocycles. The van der Waals surface area contributed by atoms with E-state index in [1.165, 1.54) is 56.3 Å². The summed E-state index contributed by atoms with van der Waals surface area (Å²) in [6.45, 7) is 4.27. The van der Waals surface area contributed by atoms with Crippen molar-refractivity contribution < 1.29 is 17.9 Å². The molecule has 2 aromatic carbocycles. The number of carbonyl (C=O) groups excluding carboxylic acids is 1. The lowest BCUT2D eigenvalue weighted by atomic mass is 10.2. The van der Waals surface area contributed by atoms with E-state index in [-0.39, 0.29) is 30.2 Å². The van der Waals surface area contributed by atoms with E-state index in [2.05, 4.69) is 26.0 Å². The number of carbonyl (C=O) groups is 1. The number of fused-ring (bicyclic) bond motifs is 1. The van der Waals surface area contributed by atoms with E-state index in [1.54, 1.807) is 6.21 Å². The molecule has 4 aromatic rings. The zero-order chi connectivity index (χ0) is 26.2. The molecule has 0 bridgehead atoms. The Morgan fingerprint density at radius 2 is 1.89 bits per heavy atom. The third kappa shape index (κ3) is 5.69. The van der Waals surface area contributed by atoms with Gasteiger partial charge >= 0.3 is 0 Å².